The Bertz CT molecular complexity index is 490. The van der Waals surface area contributed by atoms with Crippen LogP contribution in [-0.2, 0) is 0 Å². The SMILES string of the molecule is CCC(=O)n1n[n+]([O-])c2ccccc21. The highest BCUT2D eigenvalue weighted by Crippen LogP contribution is 2.08. The van der Waals surface area contributed by atoms with Crippen molar-refractivity contribution in [1.29, 1.82) is 0 Å². The van der Waals surface area contributed by atoms with Gasteiger partial charge < -0.3 is 5.21 Å². The fourth-order valence-corrected chi connectivity index (χ4v) is 1.32. The van der Waals surface area contributed by atoms with E-state index >= 15 is 0 Å². The standard InChI is InChI=1S/C9H9N3O2/c1-2-9(13)11-7-5-3-4-6-8(7)12(14)10-11/h3-6H,2H2,1H3. The van der Waals surface area contributed by atoms with Crippen LogP contribution < -0.4 is 4.85 Å². The van der Waals surface area contributed by atoms with E-state index in [0.717, 1.165) is 4.68 Å². The van der Waals surface area contributed by atoms with E-state index in [1.165, 1.54) is 0 Å². The first-order chi connectivity index (χ1) is 6.74. The molecule has 0 aliphatic heterocycles. The highest BCUT2D eigenvalue weighted by molar-refractivity contribution is 5.87. The topological polar surface area (TPSA) is 61.8 Å². The molecule has 5 heteroatoms. The first-order valence-corrected chi connectivity index (χ1v) is 4.35. The molecule has 1 aromatic heterocycles. The monoisotopic (exact) mass is 191 g/mol. The van der Waals surface area contributed by atoms with Crippen LogP contribution in [0.2, 0.25) is 0 Å². The molecule has 1 aromatic carbocycles. The molecule has 72 valence electrons. The van der Waals surface area contributed by atoms with Crippen LogP contribution in [0, 0.1) is 5.21 Å². The van der Waals surface area contributed by atoms with Gasteiger partial charge in [0.15, 0.2) is 0 Å². The molecule has 0 radical (unpaired) electrons. The first-order valence-electron chi connectivity index (χ1n) is 4.35. The summed E-state index contributed by atoms with van der Waals surface area (Å²) in [5.41, 5.74) is 0.962. The molecular weight excluding hydrogens is 182 g/mol. The van der Waals surface area contributed by atoms with Gasteiger partial charge in [0.1, 0.15) is 5.21 Å². The van der Waals surface area contributed by atoms with E-state index in [0.29, 0.717) is 22.3 Å². The summed E-state index contributed by atoms with van der Waals surface area (Å²) in [7, 11) is 0. The predicted molar refractivity (Wildman–Crippen MR) is 49.6 cm³/mol. The number of hydrogen-bond acceptors (Lipinski definition) is 3. The second-order valence-corrected chi connectivity index (χ2v) is 2.91. The molecular formula is C9H9N3O2. The lowest BCUT2D eigenvalue weighted by Gasteiger charge is -1.89. The van der Waals surface area contributed by atoms with Gasteiger partial charge in [0, 0.05) is 6.42 Å². The van der Waals surface area contributed by atoms with Crippen molar-refractivity contribution in [1.82, 2.24) is 9.90 Å². The number of fused-ring (bicyclic) bond motifs is 1. The van der Waals surface area contributed by atoms with Gasteiger partial charge >= 0.3 is 5.91 Å². The largest absolute Gasteiger partial charge is 0.691 e. The van der Waals surface area contributed by atoms with Gasteiger partial charge in [0.05, 0.1) is 0 Å². The van der Waals surface area contributed by atoms with Crippen molar-refractivity contribution in [3.63, 3.8) is 0 Å². The summed E-state index contributed by atoms with van der Waals surface area (Å²) in [5, 5.41) is 14.8. The number of carbonyl (C=O) groups is 1. The van der Waals surface area contributed by atoms with Crippen LogP contribution >= 0.6 is 0 Å². The Labute approximate surface area is 80.1 Å². The molecule has 0 atom stereocenters. The summed E-state index contributed by atoms with van der Waals surface area (Å²) in [5.74, 6) is -0.184. The van der Waals surface area contributed by atoms with E-state index in [9.17, 15) is 10.0 Å². The Kier molecular flexibility index (Phi) is 1.92. The lowest BCUT2D eigenvalue weighted by molar-refractivity contribution is -0.645. The van der Waals surface area contributed by atoms with Gasteiger partial charge in [-0.2, -0.15) is 0 Å². The average molecular weight is 191 g/mol. The summed E-state index contributed by atoms with van der Waals surface area (Å²) in [6.45, 7) is 1.73. The van der Waals surface area contributed by atoms with Crippen LogP contribution in [0.3, 0.4) is 0 Å². The smallest absolute Gasteiger partial charge is 0.334 e. The summed E-state index contributed by atoms with van der Waals surface area (Å²) in [6.07, 6.45) is 0.325. The molecule has 5 nitrogen and oxygen atoms in total. The van der Waals surface area contributed by atoms with Crippen molar-refractivity contribution in [2.45, 2.75) is 13.3 Å². The Morgan fingerprint density at radius 3 is 3.00 bits per heavy atom. The molecule has 14 heavy (non-hydrogen) atoms. The van der Waals surface area contributed by atoms with Gasteiger partial charge in [-0.1, -0.05) is 23.7 Å². The molecule has 0 fully saturated rings. The molecule has 0 saturated heterocycles. The van der Waals surface area contributed by atoms with Gasteiger partial charge in [0.25, 0.3) is 0 Å². The molecule has 2 rings (SSSR count). The molecule has 0 amide bonds. The summed E-state index contributed by atoms with van der Waals surface area (Å²) in [4.78, 5) is 11.9. The molecule has 1 heterocycles. The minimum Gasteiger partial charge on any atom is -0.691 e. The van der Waals surface area contributed by atoms with Crippen LogP contribution in [-0.4, -0.2) is 15.8 Å². The van der Waals surface area contributed by atoms with Crippen molar-refractivity contribution in [2.24, 2.45) is 0 Å². The van der Waals surface area contributed by atoms with Crippen LogP contribution in [0.4, 0.5) is 0 Å². The number of para-hydroxylation sites is 2. The van der Waals surface area contributed by atoms with Crippen molar-refractivity contribution in [3.05, 3.63) is 29.5 Å². The second kappa shape index (κ2) is 3.10. The van der Waals surface area contributed by atoms with Gasteiger partial charge in [-0.05, 0) is 12.1 Å². The Morgan fingerprint density at radius 1 is 1.57 bits per heavy atom. The van der Waals surface area contributed by atoms with Crippen molar-refractivity contribution in [2.75, 3.05) is 0 Å². The molecule has 0 aliphatic carbocycles. The summed E-state index contributed by atoms with van der Waals surface area (Å²) < 4.78 is 1.14. The summed E-state index contributed by atoms with van der Waals surface area (Å²) >= 11 is 0. The van der Waals surface area contributed by atoms with E-state index in [4.69, 9.17) is 0 Å². The van der Waals surface area contributed by atoms with Crippen LogP contribution in [0.25, 0.3) is 11.0 Å². The molecule has 0 unspecified atom stereocenters. The van der Waals surface area contributed by atoms with E-state index in [-0.39, 0.29) is 5.91 Å². The van der Waals surface area contributed by atoms with Gasteiger partial charge in [0.2, 0.25) is 11.0 Å². The third-order valence-corrected chi connectivity index (χ3v) is 2.03. The van der Waals surface area contributed by atoms with Crippen LogP contribution in [0.5, 0.6) is 0 Å². The van der Waals surface area contributed by atoms with E-state index in [1.54, 1.807) is 31.2 Å². The maximum Gasteiger partial charge on any atom is 0.334 e. The third kappa shape index (κ3) is 1.14. The quantitative estimate of drug-likeness (QED) is 0.493. The van der Waals surface area contributed by atoms with E-state index in [1.807, 2.05) is 0 Å². The third-order valence-electron chi connectivity index (χ3n) is 2.03. The number of hydrogen-bond donors (Lipinski definition) is 0. The average Bonchev–Trinajstić information content (AvgIpc) is 2.56. The molecule has 0 N–H and O–H groups in total. The fourth-order valence-electron chi connectivity index (χ4n) is 1.32. The zero-order valence-electron chi connectivity index (χ0n) is 7.67. The number of carbonyl (C=O) groups excluding carboxylic acids is 1. The zero-order valence-corrected chi connectivity index (χ0v) is 7.67. The Balaban J connectivity index is 2.72. The predicted octanol–water partition coefficient (Wildman–Crippen LogP) is 0.720. The van der Waals surface area contributed by atoms with E-state index < -0.39 is 0 Å². The lowest BCUT2D eigenvalue weighted by Crippen LogP contribution is -2.30. The minimum atomic E-state index is -0.184. The van der Waals surface area contributed by atoms with Gasteiger partial charge in [-0.25, -0.2) is 4.79 Å². The van der Waals surface area contributed by atoms with Crippen LogP contribution in [0.1, 0.15) is 18.1 Å². The van der Waals surface area contributed by atoms with Gasteiger partial charge in [-0.3, -0.25) is 0 Å². The maximum absolute atomic E-state index is 11.4. The number of rotatable bonds is 1. The fraction of sp³-hybridized carbons (Fsp3) is 0.222. The van der Waals surface area contributed by atoms with Gasteiger partial charge in [-0.15, -0.1) is 4.85 Å². The summed E-state index contributed by atoms with van der Waals surface area (Å²) in [6, 6.07) is 6.84. The van der Waals surface area contributed by atoms with Crippen molar-refractivity contribution in [3.8, 4) is 0 Å². The maximum atomic E-state index is 11.4. The highest BCUT2D eigenvalue weighted by Gasteiger charge is 2.18. The van der Waals surface area contributed by atoms with Crippen LogP contribution in [0.15, 0.2) is 24.3 Å². The zero-order chi connectivity index (χ0) is 10.1. The van der Waals surface area contributed by atoms with Crippen molar-refractivity contribution < 1.29 is 9.64 Å². The number of nitrogens with zero attached hydrogens (tertiary/aromatic N) is 3. The molecule has 2 aromatic rings. The Morgan fingerprint density at radius 2 is 2.29 bits per heavy atom. The van der Waals surface area contributed by atoms with E-state index in [2.05, 4.69) is 5.21 Å². The normalized spacial score (nSPS) is 10.6. The van der Waals surface area contributed by atoms with Crippen molar-refractivity contribution >= 4 is 16.9 Å². The second-order valence-electron chi connectivity index (χ2n) is 2.91. The number of aromatic nitrogens is 3. The lowest BCUT2D eigenvalue weighted by atomic mass is 10.3. The highest BCUT2D eigenvalue weighted by atomic mass is 16.5. The molecule has 0 spiro atoms. The number of benzene rings is 1. The molecule has 0 bridgehead atoms. The molecule has 0 aliphatic rings. The first kappa shape index (κ1) is 8.68. The molecule has 0 saturated carbocycles. The Hall–Kier alpha value is -1.91. The minimum absolute atomic E-state index is 0.184.